The van der Waals surface area contributed by atoms with Crippen LogP contribution in [0.1, 0.15) is 65.2 Å². The Morgan fingerprint density at radius 1 is 0.773 bits per heavy atom. The zero-order valence-corrected chi connectivity index (χ0v) is 13.3. The first-order valence-electron chi connectivity index (χ1n) is 7.11. The highest BCUT2D eigenvalue weighted by Crippen LogP contribution is 2.08. The lowest BCUT2D eigenvalue weighted by Crippen LogP contribution is -1.94. The van der Waals surface area contributed by atoms with Crippen molar-refractivity contribution in [3.05, 3.63) is 11.6 Å². The van der Waals surface area contributed by atoms with E-state index in [2.05, 4.69) is 0 Å². The Morgan fingerprint density at radius 2 is 1.09 bits per heavy atom. The monoisotopic (exact) mass is 320 g/mol. The van der Waals surface area contributed by atoms with Gasteiger partial charge in [-0.2, -0.15) is 0 Å². The van der Waals surface area contributed by atoms with E-state index in [4.69, 9.17) is 15.3 Å². The number of unbranched alkanes of at least 4 members (excludes halogenated alkanes) is 5. The van der Waals surface area contributed by atoms with Gasteiger partial charge < -0.3 is 20.8 Å². The molecule has 0 aromatic rings. The SMILES string of the molecule is CC=C(C)C(=O)O.O.O=C(O)CCCCCCCCC(=O)O. The van der Waals surface area contributed by atoms with Crippen LogP contribution >= 0.6 is 0 Å². The van der Waals surface area contributed by atoms with E-state index in [0.717, 1.165) is 38.5 Å². The van der Waals surface area contributed by atoms with Gasteiger partial charge >= 0.3 is 17.9 Å². The van der Waals surface area contributed by atoms with E-state index in [1.165, 1.54) is 0 Å². The Hall–Kier alpha value is -1.89. The molecule has 0 radical (unpaired) electrons. The Balaban J connectivity index is -0.000000385. The number of rotatable bonds is 10. The first-order valence-corrected chi connectivity index (χ1v) is 7.11. The zero-order valence-electron chi connectivity index (χ0n) is 13.3. The molecule has 0 aromatic heterocycles. The molecule has 22 heavy (non-hydrogen) atoms. The van der Waals surface area contributed by atoms with Crippen molar-refractivity contribution >= 4 is 17.9 Å². The molecule has 0 unspecified atom stereocenters. The summed E-state index contributed by atoms with van der Waals surface area (Å²) in [5.41, 5.74) is 0.389. The molecule has 0 saturated heterocycles. The van der Waals surface area contributed by atoms with Crippen LogP contribution in [0.4, 0.5) is 0 Å². The lowest BCUT2D eigenvalue weighted by atomic mass is 10.1. The van der Waals surface area contributed by atoms with Gasteiger partial charge in [0.05, 0.1) is 0 Å². The average Bonchev–Trinajstić information content (AvgIpc) is 2.40. The molecule has 0 rings (SSSR count). The molecule has 0 spiro atoms. The van der Waals surface area contributed by atoms with Gasteiger partial charge in [0.1, 0.15) is 0 Å². The molecule has 0 aromatic carbocycles. The molecule has 0 amide bonds. The van der Waals surface area contributed by atoms with Crippen molar-refractivity contribution in [1.82, 2.24) is 0 Å². The van der Waals surface area contributed by atoms with Gasteiger partial charge in [-0.1, -0.05) is 31.8 Å². The highest BCUT2D eigenvalue weighted by molar-refractivity contribution is 5.85. The summed E-state index contributed by atoms with van der Waals surface area (Å²) < 4.78 is 0. The van der Waals surface area contributed by atoms with Crippen molar-refractivity contribution in [2.24, 2.45) is 0 Å². The molecular formula is C15H28O7. The van der Waals surface area contributed by atoms with Crippen molar-refractivity contribution in [2.75, 3.05) is 0 Å². The van der Waals surface area contributed by atoms with Gasteiger partial charge in [-0.25, -0.2) is 4.79 Å². The maximum Gasteiger partial charge on any atom is 0.330 e. The number of allylic oxidation sites excluding steroid dienone is 1. The Kier molecular flexibility index (Phi) is 19.6. The smallest absolute Gasteiger partial charge is 0.330 e. The molecule has 0 aliphatic rings. The molecule has 0 fully saturated rings. The van der Waals surface area contributed by atoms with Gasteiger partial charge in [-0.3, -0.25) is 9.59 Å². The Bertz CT molecular complexity index is 328. The second-order valence-electron chi connectivity index (χ2n) is 4.69. The minimum Gasteiger partial charge on any atom is -0.481 e. The summed E-state index contributed by atoms with van der Waals surface area (Å²) in [6, 6.07) is 0. The van der Waals surface area contributed by atoms with Crippen molar-refractivity contribution in [2.45, 2.75) is 65.2 Å². The third-order valence-corrected chi connectivity index (χ3v) is 2.80. The van der Waals surface area contributed by atoms with Crippen LogP contribution < -0.4 is 0 Å². The average molecular weight is 320 g/mol. The normalized spacial score (nSPS) is 10.0. The standard InChI is InChI=1S/C10H18O4.C5H8O2.H2O/c11-9(12)7-5-3-1-2-4-6-8-10(13)14;1-3-4(2)5(6)7;/h1-8H2,(H,11,12)(H,13,14);3H,1-2H3,(H,6,7);1H2. The van der Waals surface area contributed by atoms with Crippen molar-refractivity contribution < 1.29 is 35.2 Å². The summed E-state index contributed by atoms with van der Waals surface area (Å²) in [6.07, 6.45) is 7.38. The lowest BCUT2D eigenvalue weighted by Gasteiger charge is -1.98. The number of carboxylic acid groups (broad SMARTS) is 3. The van der Waals surface area contributed by atoms with E-state index in [-0.39, 0.29) is 18.3 Å². The molecule has 0 atom stereocenters. The molecule has 7 nitrogen and oxygen atoms in total. The largest absolute Gasteiger partial charge is 0.481 e. The van der Waals surface area contributed by atoms with Crippen molar-refractivity contribution in [3.63, 3.8) is 0 Å². The van der Waals surface area contributed by atoms with Gasteiger partial charge in [0.2, 0.25) is 0 Å². The first-order chi connectivity index (χ1) is 9.81. The van der Waals surface area contributed by atoms with Gasteiger partial charge in [0, 0.05) is 18.4 Å². The summed E-state index contributed by atoms with van der Waals surface area (Å²) in [5, 5.41) is 24.8. The van der Waals surface area contributed by atoms with Crippen molar-refractivity contribution in [1.29, 1.82) is 0 Å². The molecule has 130 valence electrons. The van der Waals surface area contributed by atoms with Crippen LogP contribution in [0.5, 0.6) is 0 Å². The van der Waals surface area contributed by atoms with Gasteiger partial charge in [0.25, 0.3) is 0 Å². The second kappa shape index (κ2) is 17.2. The molecule has 5 N–H and O–H groups in total. The van der Waals surface area contributed by atoms with E-state index >= 15 is 0 Å². The molecule has 0 saturated carbocycles. The fourth-order valence-corrected chi connectivity index (χ4v) is 1.38. The van der Waals surface area contributed by atoms with Gasteiger partial charge in [-0.05, 0) is 26.7 Å². The number of aliphatic carboxylic acids is 3. The topological polar surface area (TPSA) is 143 Å². The molecule has 0 aliphatic carbocycles. The summed E-state index contributed by atoms with van der Waals surface area (Å²) >= 11 is 0. The predicted molar refractivity (Wildman–Crippen MR) is 82.9 cm³/mol. The molecule has 0 heterocycles. The number of carboxylic acids is 3. The van der Waals surface area contributed by atoms with Crippen LogP contribution in [0, 0.1) is 0 Å². The molecule has 0 bridgehead atoms. The van der Waals surface area contributed by atoms with Gasteiger partial charge in [0.15, 0.2) is 0 Å². The highest BCUT2D eigenvalue weighted by atomic mass is 16.4. The molecule has 7 heteroatoms. The maximum absolute atomic E-state index is 10.1. The molecule has 0 aliphatic heterocycles. The Labute approximate surface area is 131 Å². The van der Waals surface area contributed by atoms with Crippen LogP contribution in [0.3, 0.4) is 0 Å². The second-order valence-corrected chi connectivity index (χ2v) is 4.69. The first kappa shape index (κ1) is 25.1. The zero-order chi connectivity index (χ0) is 16.7. The highest BCUT2D eigenvalue weighted by Gasteiger charge is 1.98. The third kappa shape index (κ3) is 23.2. The van der Waals surface area contributed by atoms with Crippen molar-refractivity contribution in [3.8, 4) is 0 Å². The fraction of sp³-hybridized carbons (Fsp3) is 0.667. The van der Waals surface area contributed by atoms with Crippen LogP contribution in [-0.2, 0) is 14.4 Å². The third-order valence-electron chi connectivity index (χ3n) is 2.80. The van der Waals surface area contributed by atoms with E-state index in [9.17, 15) is 14.4 Å². The minimum atomic E-state index is -0.845. The maximum atomic E-state index is 10.1. The van der Waals surface area contributed by atoms with Crippen LogP contribution in [0.2, 0.25) is 0 Å². The lowest BCUT2D eigenvalue weighted by molar-refractivity contribution is -0.138. The summed E-state index contributed by atoms with van der Waals surface area (Å²) in [4.78, 5) is 30.2. The molecular weight excluding hydrogens is 292 g/mol. The minimum absolute atomic E-state index is 0. The summed E-state index contributed by atoms with van der Waals surface area (Å²) in [7, 11) is 0. The van der Waals surface area contributed by atoms with E-state index in [1.54, 1.807) is 19.9 Å². The fourth-order valence-electron chi connectivity index (χ4n) is 1.38. The quantitative estimate of drug-likeness (QED) is 0.416. The summed E-state index contributed by atoms with van der Waals surface area (Å²) in [5.74, 6) is -2.32. The summed E-state index contributed by atoms with van der Waals surface area (Å²) in [6.45, 7) is 3.26. The van der Waals surface area contributed by atoms with Crippen LogP contribution in [0.25, 0.3) is 0 Å². The van der Waals surface area contributed by atoms with E-state index in [0.29, 0.717) is 5.57 Å². The number of hydrogen-bond acceptors (Lipinski definition) is 3. The van der Waals surface area contributed by atoms with Crippen LogP contribution in [-0.4, -0.2) is 38.7 Å². The van der Waals surface area contributed by atoms with E-state index in [1.807, 2.05) is 0 Å². The van der Waals surface area contributed by atoms with E-state index < -0.39 is 17.9 Å². The van der Waals surface area contributed by atoms with Gasteiger partial charge in [-0.15, -0.1) is 0 Å². The number of carbonyl (C=O) groups is 3. The van der Waals surface area contributed by atoms with Crippen LogP contribution in [0.15, 0.2) is 11.6 Å². The Morgan fingerprint density at radius 3 is 1.27 bits per heavy atom. The predicted octanol–water partition coefficient (Wildman–Crippen LogP) is 2.49. The number of hydrogen-bond donors (Lipinski definition) is 3.